The maximum atomic E-state index is 13.1. The Bertz CT molecular complexity index is 733. The van der Waals surface area contributed by atoms with Crippen molar-refractivity contribution < 1.29 is 9.90 Å². The zero-order valence-corrected chi connectivity index (χ0v) is 15.5. The molecule has 2 unspecified atom stereocenters. The van der Waals surface area contributed by atoms with Crippen molar-refractivity contribution in [2.75, 3.05) is 5.01 Å². The van der Waals surface area contributed by atoms with Crippen LogP contribution in [0.25, 0.3) is 0 Å². The minimum absolute atomic E-state index is 0.0316. The summed E-state index contributed by atoms with van der Waals surface area (Å²) in [7, 11) is 0. The Morgan fingerprint density at radius 1 is 1.12 bits per heavy atom. The van der Waals surface area contributed by atoms with Gasteiger partial charge in [0.2, 0.25) is 0 Å². The van der Waals surface area contributed by atoms with Crippen molar-refractivity contribution in [1.29, 1.82) is 0 Å². The molecule has 1 heterocycles. The number of nitrogens with zero attached hydrogens (tertiary/aromatic N) is 2. The molecule has 0 aromatic heterocycles. The molecule has 5 aliphatic rings. The van der Waals surface area contributed by atoms with Crippen molar-refractivity contribution in [1.82, 2.24) is 5.01 Å². The molecule has 5 heteroatoms. The summed E-state index contributed by atoms with van der Waals surface area (Å²) < 4.78 is 0. The number of halogens is 1. The number of amides is 1. The molecule has 4 bridgehead atoms. The lowest BCUT2D eigenvalue weighted by molar-refractivity contribution is -0.169. The number of carbonyl (C=O) groups is 1. The summed E-state index contributed by atoms with van der Waals surface area (Å²) in [5.74, 6) is 2.09. The molecule has 4 saturated carbocycles. The molecule has 6 rings (SSSR count). The summed E-state index contributed by atoms with van der Waals surface area (Å²) in [6, 6.07) is 7.55. The van der Waals surface area contributed by atoms with Gasteiger partial charge in [-0.15, -0.1) is 11.6 Å². The number of rotatable bonds is 2. The molecule has 1 N–H and O–H groups in total. The van der Waals surface area contributed by atoms with Crippen molar-refractivity contribution in [3.05, 3.63) is 24.3 Å². The van der Waals surface area contributed by atoms with Crippen LogP contribution in [0.15, 0.2) is 24.3 Å². The van der Waals surface area contributed by atoms with Gasteiger partial charge in [0.25, 0.3) is 5.91 Å². The Labute approximate surface area is 153 Å². The largest absolute Gasteiger partial charge is 0.506 e. The standard InChI is InChI=1S/C20H25ClN2O2/c1-19(2)18(25)22(23(19)15-5-3-4-6-16(15)24)17-13-7-12-8-14(17)11-20(21,9-12)10-13/h3-6,12-14,17,24H,7-11H2,1-2H3/t12?,13?,14?,17-,20-. The van der Waals surface area contributed by atoms with Gasteiger partial charge < -0.3 is 5.11 Å². The Morgan fingerprint density at radius 2 is 1.76 bits per heavy atom. The highest BCUT2D eigenvalue weighted by Crippen LogP contribution is 2.61. The number of phenols is 1. The van der Waals surface area contributed by atoms with Crippen LogP contribution in [0.1, 0.15) is 46.0 Å². The van der Waals surface area contributed by atoms with Gasteiger partial charge in [-0.3, -0.25) is 9.80 Å². The van der Waals surface area contributed by atoms with Crippen molar-refractivity contribution in [2.45, 2.75) is 62.4 Å². The summed E-state index contributed by atoms with van der Waals surface area (Å²) in [5.41, 5.74) is 0.105. The molecular weight excluding hydrogens is 336 g/mol. The lowest BCUT2D eigenvalue weighted by Crippen LogP contribution is -2.80. The first-order valence-corrected chi connectivity index (χ1v) is 9.79. The average molecular weight is 361 g/mol. The van der Waals surface area contributed by atoms with Crippen LogP contribution in [0, 0.1) is 17.8 Å². The van der Waals surface area contributed by atoms with E-state index in [1.165, 1.54) is 12.8 Å². The number of hydrogen-bond acceptors (Lipinski definition) is 3. The maximum absolute atomic E-state index is 13.1. The third kappa shape index (κ3) is 2.03. The predicted octanol–water partition coefficient (Wildman–Crippen LogP) is 3.92. The first-order valence-electron chi connectivity index (χ1n) is 9.41. The molecule has 5 fully saturated rings. The number of hydrazine groups is 1. The van der Waals surface area contributed by atoms with E-state index in [4.69, 9.17) is 11.6 Å². The topological polar surface area (TPSA) is 43.8 Å². The first-order chi connectivity index (χ1) is 11.8. The van der Waals surface area contributed by atoms with Gasteiger partial charge in [-0.25, -0.2) is 5.01 Å². The van der Waals surface area contributed by atoms with Gasteiger partial charge in [-0.05, 0) is 75.8 Å². The van der Waals surface area contributed by atoms with Crippen LogP contribution in [0.5, 0.6) is 5.75 Å². The third-order valence-electron chi connectivity index (χ3n) is 7.02. The van der Waals surface area contributed by atoms with E-state index in [1.54, 1.807) is 6.07 Å². The maximum Gasteiger partial charge on any atom is 0.268 e. The number of alkyl halides is 1. The fourth-order valence-electron chi connectivity index (χ4n) is 6.31. The zero-order valence-electron chi connectivity index (χ0n) is 14.8. The van der Waals surface area contributed by atoms with Crippen LogP contribution in [0.3, 0.4) is 0 Å². The molecule has 0 spiro atoms. The second-order valence-electron chi connectivity index (χ2n) is 9.12. The minimum atomic E-state index is -0.619. The molecule has 1 aromatic carbocycles. The van der Waals surface area contributed by atoms with Gasteiger partial charge in [0.15, 0.2) is 0 Å². The van der Waals surface area contributed by atoms with Crippen LogP contribution in [0.4, 0.5) is 5.69 Å². The summed E-state index contributed by atoms with van der Waals surface area (Å²) in [6.45, 7) is 3.88. The Hall–Kier alpha value is -1.42. The van der Waals surface area contributed by atoms with Crippen molar-refractivity contribution in [2.24, 2.45) is 17.8 Å². The van der Waals surface area contributed by atoms with Gasteiger partial charge in [-0.2, -0.15) is 0 Å². The normalized spacial score (nSPS) is 41.2. The quantitative estimate of drug-likeness (QED) is 0.813. The van der Waals surface area contributed by atoms with Gasteiger partial charge in [0, 0.05) is 4.87 Å². The molecule has 25 heavy (non-hydrogen) atoms. The van der Waals surface area contributed by atoms with Crippen LogP contribution in [0.2, 0.25) is 0 Å². The molecule has 1 aliphatic heterocycles. The number of benzene rings is 1. The van der Waals surface area contributed by atoms with E-state index >= 15 is 0 Å². The van der Waals surface area contributed by atoms with Crippen LogP contribution in [-0.2, 0) is 4.79 Å². The SMILES string of the molecule is CC1(C)C(=O)N([C@H]2C3CC4CC2C[C@](Cl)(C4)C3)N1c1ccccc1O. The van der Waals surface area contributed by atoms with E-state index in [1.807, 2.05) is 42.1 Å². The monoisotopic (exact) mass is 360 g/mol. The van der Waals surface area contributed by atoms with Crippen LogP contribution >= 0.6 is 11.6 Å². The van der Waals surface area contributed by atoms with Crippen molar-refractivity contribution >= 4 is 23.2 Å². The Kier molecular flexibility index (Phi) is 3.06. The number of anilines is 1. The highest BCUT2D eigenvalue weighted by Gasteiger charge is 2.63. The predicted molar refractivity (Wildman–Crippen MR) is 97.4 cm³/mol. The smallest absolute Gasteiger partial charge is 0.268 e. The van der Waals surface area contributed by atoms with Gasteiger partial charge in [0.1, 0.15) is 17.0 Å². The zero-order chi connectivity index (χ0) is 17.6. The summed E-state index contributed by atoms with van der Waals surface area (Å²) >= 11 is 6.88. The minimum Gasteiger partial charge on any atom is -0.506 e. The van der Waals surface area contributed by atoms with Crippen LogP contribution < -0.4 is 5.01 Å². The van der Waals surface area contributed by atoms with Gasteiger partial charge in [0.05, 0.1) is 6.04 Å². The second kappa shape index (κ2) is 4.85. The molecule has 134 valence electrons. The number of carbonyl (C=O) groups excluding carboxylic acids is 1. The third-order valence-corrected chi connectivity index (χ3v) is 7.48. The van der Waals surface area contributed by atoms with Crippen LogP contribution in [-0.4, -0.2) is 32.5 Å². The number of hydrogen-bond donors (Lipinski definition) is 1. The molecule has 0 radical (unpaired) electrons. The van der Waals surface area contributed by atoms with E-state index in [2.05, 4.69) is 0 Å². The molecule has 4 aliphatic carbocycles. The fourth-order valence-corrected chi connectivity index (χ4v) is 6.93. The lowest BCUT2D eigenvalue weighted by atomic mass is 9.53. The number of para-hydroxylation sites is 2. The van der Waals surface area contributed by atoms with E-state index in [0.29, 0.717) is 11.8 Å². The summed E-state index contributed by atoms with van der Waals surface area (Å²) in [5, 5.41) is 14.4. The summed E-state index contributed by atoms with van der Waals surface area (Å²) in [4.78, 5) is 13.0. The molecule has 1 aromatic rings. The van der Waals surface area contributed by atoms with Gasteiger partial charge in [-0.1, -0.05) is 12.1 Å². The highest BCUT2D eigenvalue weighted by molar-refractivity contribution is 6.24. The van der Waals surface area contributed by atoms with E-state index < -0.39 is 5.54 Å². The highest BCUT2D eigenvalue weighted by atomic mass is 35.5. The summed E-state index contributed by atoms with van der Waals surface area (Å²) in [6.07, 6.45) is 5.57. The van der Waals surface area contributed by atoms with Gasteiger partial charge >= 0.3 is 0 Å². The molecule has 1 amide bonds. The lowest BCUT2D eigenvalue weighted by Gasteiger charge is -2.66. The molecule has 2 atom stereocenters. The molecule has 1 saturated heterocycles. The van der Waals surface area contributed by atoms with Crippen molar-refractivity contribution in [3.8, 4) is 5.75 Å². The fraction of sp³-hybridized carbons (Fsp3) is 0.650. The first kappa shape index (κ1) is 15.8. The molecule has 4 nitrogen and oxygen atoms in total. The molecular formula is C20H25ClN2O2. The number of phenolic OH excluding ortho intramolecular Hbond substituents is 1. The van der Waals surface area contributed by atoms with E-state index in [0.717, 1.165) is 30.9 Å². The average Bonchev–Trinajstić information content (AvgIpc) is 2.53. The van der Waals surface area contributed by atoms with E-state index in [-0.39, 0.29) is 22.6 Å². The Morgan fingerprint density at radius 3 is 2.36 bits per heavy atom. The van der Waals surface area contributed by atoms with E-state index in [9.17, 15) is 9.90 Å². The second-order valence-corrected chi connectivity index (χ2v) is 9.92. The number of aromatic hydroxyl groups is 1. The van der Waals surface area contributed by atoms with Crippen molar-refractivity contribution in [3.63, 3.8) is 0 Å². The Balaban J connectivity index is 1.53.